The Balaban J connectivity index is 1.77. The highest BCUT2D eigenvalue weighted by molar-refractivity contribution is 7.91. The molecule has 2 unspecified atom stereocenters. The minimum Gasteiger partial charge on any atom is -0.314 e. The average molecular weight is 231 g/mol. The Hall–Kier alpha value is -0.0900. The molecule has 2 heterocycles. The van der Waals surface area contributed by atoms with Crippen LogP contribution in [0.15, 0.2) is 0 Å². The van der Waals surface area contributed by atoms with E-state index >= 15 is 0 Å². The monoisotopic (exact) mass is 231 g/mol. The molecular weight excluding hydrogens is 210 g/mol. The molecule has 0 radical (unpaired) electrons. The van der Waals surface area contributed by atoms with E-state index in [1.54, 1.807) is 0 Å². The highest BCUT2D eigenvalue weighted by atomic mass is 32.2. The number of sulfone groups is 1. The second-order valence-electron chi connectivity index (χ2n) is 5.24. The van der Waals surface area contributed by atoms with Crippen molar-refractivity contribution < 1.29 is 8.42 Å². The van der Waals surface area contributed by atoms with Gasteiger partial charge in [-0.1, -0.05) is 0 Å². The minimum absolute atomic E-state index is 0.424. The van der Waals surface area contributed by atoms with E-state index in [0.717, 1.165) is 25.3 Å². The number of nitrogens with one attached hydrogen (secondary N) is 1. The van der Waals surface area contributed by atoms with Crippen molar-refractivity contribution in [3.8, 4) is 0 Å². The molecular formula is C11H21NO2S. The molecule has 1 N–H and O–H groups in total. The highest BCUT2D eigenvalue weighted by Crippen LogP contribution is 2.29. The molecule has 0 bridgehead atoms. The molecule has 2 aliphatic heterocycles. The number of rotatable bonds is 2. The maximum Gasteiger partial charge on any atom is 0.150 e. The van der Waals surface area contributed by atoms with Crippen molar-refractivity contribution in [2.24, 2.45) is 11.8 Å². The van der Waals surface area contributed by atoms with Crippen molar-refractivity contribution >= 4 is 9.84 Å². The zero-order valence-electron chi connectivity index (χ0n) is 9.41. The summed E-state index contributed by atoms with van der Waals surface area (Å²) in [5, 5.41) is 3.46. The Kier molecular flexibility index (Phi) is 3.36. The van der Waals surface area contributed by atoms with E-state index in [-0.39, 0.29) is 0 Å². The van der Waals surface area contributed by atoms with Gasteiger partial charge in [0.1, 0.15) is 9.84 Å². The van der Waals surface area contributed by atoms with Crippen LogP contribution in [0.3, 0.4) is 0 Å². The Morgan fingerprint density at radius 2 is 1.87 bits per heavy atom. The van der Waals surface area contributed by atoms with Crippen molar-refractivity contribution in [1.82, 2.24) is 5.32 Å². The van der Waals surface area contributed by atoms with E-state index in [1.165, 1.54) is 12.8 Å². The van der Waals surface area contributed by atoms with Crippen LogP contribution < -0.4 is 5.32 Å². The second kappa shape index (κ2) is 4.42. The summed E-state index contributed by atoms with van der Waals surface area (Å²) < 4.78 is 22.5. The van der Waals surface area contributed by atoms with Gasteiger partial charge in [-0.15, -0.1) is 0 Å². The van der Waals surface area contributed by atoms with Gasteiger partial charge in [-0.2, -0.15) is 0 Å². The van der Waals surface area contributed by atoms with E-state index in [1.807, 2.05) is 0 Å². The van der Waals surface area contributed by atoms with Crippen LogP contribution in [0.4, 0.5) is 0 Å². The zero-order valence-corrected chi connectivity index (χ0v) is 10.2. The lowest BCUT2D eigenvalue weighted by Gasteiger charge is -2.24. The molecule has 0 spiro atoms. The second-order valence-corrected chi connectivity index (χ2v) is 7.55. The van der Waals surface area contributed by atoms with Crippen molar-refractivity contribution in [2.45, 2.75) is 38.6 Å². The van der Waals surface area contributed by atoms with Crippen LogP contribution in [0, 0.1) is 11.8 Å². The summed E-state index contributed by atoms with van der Waals surface area (Å²) in [6.07, 6.45) is 4.29. The molecule has 0 aromatic heterocycles. The lowest BCUT2D eigenvalue weighted by atomic mass is 9.89. The summed E-state index contributed by atoms with van der Waals surface area (Å²) in [6.45, 7) is 3.36. The zero-order chi connectivity index (χ0) is 10.9. The van der Waals surface area contributed by atoms with Gasteiger partial charge in [0.2, 0.25) is 0 Å². The van der Waals surface area contributed by atoms with E-state index in [2.05, 4.69) is 12.2 Å². The van der Waals surface area contributed by atoms with Crippen molar-refractivity contribution in [3.63, 3.8) is 0 Å². The van der Waals surface area contributed by atoms with Crippen LogP contribution in [-0.2, 0) is 9.84 Å². The molecule has 15 heavy (non-hydrogen) atoms. The van der Waals surface area contributed by atoms with Gasteiger partial charge in [-0.05, 0) is 51.0 Å². The van der Waals surface area contributed by atoms with Gasteiger partial charge >= 0.3 is 0 Å². The molecule has 0 amide bonds. The molecule has 88 valence electrons. The van der Waals surface area contributed by atoms with Crippen LogP contribution in [0.2, 0.25) is 0 Å². The topological polar surface area (TPSA) is 46.2 Å². The molecule has 0 aliphatic carbocycles. The summed E-state index contributed by atoms with van der Waals surface area (Å²) in [7, 11) is -2.68. The first-order valence-electron chi connectivity index (χ1n) is 5.99. The van der Waals surface area contributed by atoms with E-state index in [4.69, 9.17) is 0 Å². The van der Waals surface area contributed by atoms with E-state index in [0.29, 0.717) is 23.5 Å². The predicted octanol–water partition coefficient (Wildman–Crippen LogP) is 1.20. The minimum atomic E-state index is -2.68. The molecule has 2 rings (SSSR count). The SMILES string of the molecule is CC1CC(CC2CCS(=O)(=O)CC2)CN1. The summed E-state index contributed by atoms with van der Waals surface area (Å²) in [4.78, 5) is 0. The first-order chi connectivity index (χ1) is 7.05. The third kappa shape index (κ3) is 3.18. The maximum atomic E-state index is 11.3. The standard InChI is InChI=1S/C11H21NO2S/c1-9-6-11(8-12-9)7-10-2-4-15(13,14)5-3-10/h9-12H,2-8H2,1H3. The Morgan fingerprint density at radius 1 is 1.20 bits per heavy atom. The van der Waals surface area contributed by atoms with Crippen LogP contribution in [0.5, 0.6) is 0 Å². The van der Waals surface area contributed by atoms with Gasteiger partial charge in [0, 0.05) is 6.04 Å². The highest BCUT2D eigenvalue weighted by Gasteiger charge is 2.28. The van der Waals surface area contributed by atoms with Crippen LogP contribution in [0.1, 0.15) is 32.6 Å². The molecule has 2 aliphatic rings. The predicted molar refractivity (Wildman–Crippen MR) is 61.6 cm³/mol. The van der Waals surface area contributed by atoms with Crippen molar-refractivity contribution in [2.75, 3.05) is 18.1 Å². The van der Waals surface area contributed by atoms with Gasteiger partial charge in [-0.25, -0.2) is 8.42 Å². The van der Waals surface area contributed by atoms with Crippen molar-refractivity contribution in [3.05, 3.63) is 0 Å². The van der Waals surface area contributed by atoms with Crippen LogP contribution >= 0.6 is 0 Å². The fourth-order valence-electron chi connectivity index (χ4n) is 2.86. The molecule has 0 saturated carbocycles. The maximum absolute atomic E-state index is 11.3. The molecule has 2 saturated heterocycles. The molecule has 0 aromatic rings. The fraction of sp³-hybridized carbons (Fsp3) is 1.00. The van der Waals surface area contributed by atoms with Crippen molar-refractivity contribution in [1.29, 1.82) is 0 Å². The van der Waals surface area contributed by atoms with Gasteiger partial charge in [0.05, 0.1) is 11.5 Å². The largest absolute Gasteiger partial charge is 0.314 e. The fourth-order valence-corrected chi connectivity index (χ4v) is 4.45. The van der Waals surface area contributed by atoms with E-state index in [9.17, 15) is 8.42 Å². The third-order valence-corrected chi connectivity index (χ3v) is 5.50. The number of hydrogen-bond donors (Lipinski definition) is 1. The molecule has 0 aromatic carbocycles. The lowest BCUT2D eigenvalue weighted by molar-refractivity contribution is 0.359. The van der Waals surface area contributed by atoms with Gasteiger partial charge < -0.3 is 5.32 Å². The molecule has 3 nitrogen and oxygen atoms in total. The first-order valence-corrected chi connectivity index (χ1v) is 7.81. The van der Waals surface area contributed by atoms with Crippen LogP contribution in [0.25, 0.3) is 0 Å². The van der Waals surface area contributed by atoms with Gasteiger partial charge in [0.25, 0.3) is 0 Å². The number of hydrogen-bond acceptors (Lipinski definition) is 3. The third-order valence-electron chi connectivity index (χ3n) is 3.78. The molecule has 2 atom stereocenters. The summed E-state index contributed by atoms with van der Waals surface area (Å²) >= 11 is 0. The molecule has 4 heteroatoms. The Morgan fingerprint density at radius 3 is 2.40 bits per heavy atom. The average Bonchev–Trinajstić information content (AvgIpc) is 2.55. The molecule has 2 fully saturated rings. The van der Waals surface area contributed by atoms with Crippen LogP contribution in [-0.4, -0.2) is 32.5 Å². The first kappa shape index (κ1) is 11.4. The lowest BCUT2D eigenvalue weighted by Crippen LogP contribution is -2.25. The quantitative estimate of drug-likeness (QED) is 0.777. The Labute approximate surface area is 92.6 Å². The summed E-state index contributed by atoms with van der Waals surface area (Å²) in [5.41, 5.74) is 0. The Bertz CT molecular complexity index is 299. The smallest absolute Gasteiger partial charge is 0.150 e. The van der Waals surface area contributed by atoms with Gasteiger partial charge in [-0.3, -0.25) is 0 Å². The normalized spacial score (nSPS) is 36.9. The summed E-state index contributed by atoms with van der Waals surface area (Å²) in [6, 6.07) is 0.655. The van der Waals surface area contributed by atoms with E-state index < -0.39 is 9.84 Å². The van der Waals surface area contributed by atoms with Gasteiger partial charge in [0.15, 0.2) is 0 Å². The summed E-state index contributed by atoms with van der Waals surface area (Å²) in [5.74, 6) is 2.29.